The molecule has 2 aromatic carbocycles. The largest absolute Gasteiger partial charge is 0.484 e. The van der Waals surface area contributed by atoms with E-state index in [9.17, 15) is 14.9 Å². The Labute approximate surface area is 159 Å². The highest BCUT2D eigenvalue weighted by atomic mass is 35.5. The number of hydrogen-bond donors (Lipinski definition) is 1. The van der Waals surface area contributed by atoms with Gasteiger partial charge in [0, 0.05) is 6.07 Å². The molecule has 1 heterocycles. The predicted octanol–water partition coefficient (Wildman–Crippen LogP) is 4.98. The van der Waals surface area contributed by atoms with Crippen LogP contribution in [0.2, 0.25) is 5.02 Å². The molecule has 0 unspecified atom stereocenters. The van der Waals surface area contributed by atoms with E-state index in [0.717, 1.165) is 5.56 Å². The number of furan rings is 1. The van der Waals surface area contributed by atoms with Gasteiger partial charge < -0.3 is 14.5 Å². The molecule has 3 rings (SSSR count). The molecule has 0 aliphatic heterocycles. The highest BCUT2D eigenvalue weighted by Crippen LogP contribution is 2.29. The number of amides is 1. The average molecular weight is 387 g/mol. The van der Waals surface area contributed by atoms with Gasteiger partial charge in [0.2, 0.25) is 0 Å². The van der Waals surface area contributed by atoms with Crippen LogP contribution in [0.3, 0.4) is 0 Å². The van der Waals surface area contributed by atoms with Crippen molar-refractivity contribution < 1.29 is 18.9 Å². The molecule has 8 heteroatoms. The van der Waals surface area contributed by atoms with Crippen molar-refractivity contribution in [2.24, 2.45) is 0 Å². The molecule has 3 aromatic rings. The lowest BCUT2D eigenvalue weighted by atomic mass is 10.2. The third-order valence-electron chi connectivity index (χ3n) is 3.76. The summed E-state index contributed by atoms with van der Waals surface area (Å²) in [5, 5.41) is 14.0. The van der Waals surface area contributed by atoms with E-state index in [2.05, 4.69) is 5.32 Å². The van der Waals surface area contributed by atoms with Crippen molar-refractivity contribution >= 4 is 28.9 Å². The van der Waals surface area contributed by atoms with Gasteiger partial charge in [-0.05, 0) is 36.8 Å². The third-order valence-corrected chi connectivity index (χ3v) is 4.05. The minimum absolute atomic E-state index is 0.0163. The van der Waals surface area contributed by atoms with Crippen molar-refractivity contribution in [2.45, 2.75) is 13.5 Å². The van der Waals surface area contributed by atoms with Gasteiger partial charge >= 0.3 is 0 Å². The Hall–Kier alpha value is -3.32. The van der Waals surface area contributed by atoms with Crippen LogP contribution in [-0.2, 0) is 6.61 Å². The van der Waals surface area contributed by atoms with Gasteiger partial charge in [-0.25, -0.2) is 0 Å². The second-order valence-electron chi connectivity index (χ2n) is 5.67. The number of aryl methyl sites for hydroxylation is 1. The van der Waals surface area contributed by atoms with Gasteiger partial charge in [-0.3, -0.25) is 14.9 Å². The fourth-order valence-corrected chi connectivity index (χ4v) is 2.72. The van der Waals surface area contributed by atoms with Crippen LogP contribution in [0.25, 0.3) is 0 Å². The fraction of sp³-hybridized carbons (Fsp3) is 0.105. The summed E-state index contributed by atoms with van der Waals surface area (Å²) in [6.07, 6.45) is 0. The predicted molar refractivity (Wildman–Crippen MR) is 100 cm³/mol. The lowest BCUT2D eigenvalue weighted by Gasteiger charge is -2.09. The number of carbonyl (C=O) groups is 1. The number of para-hydroxylation sites is 3. The highest BCUT2D eigenvalue weighted by molar-refractivity contribution is 6.32. The van der Waals surface area contributed by atoms with Crippen molar-refractivity contribution in [3.63, 3.8) is 0 Å². The number of nitrogens with one attached hydrogen (secondary N) is 1. The molecule has 1 N–H and O–H groups in total. The van der Waals surface area contributed by atoms with Gasteiger partial charge in [0.25, 0.3) is 11.6 Å². The number of halogens is 1. The van der Waals surface area contributed by atoms with E-state index in [0.29, 0.717) is 16.5 Å². The number of benzene rings is 2. The molecule has 0 atom stereocenters. The second-order valence-corrected chi connectivity index (χ2v) is 6.08. The monoisotopic (exact) mass is 386 g/mol. The van der Waals surface area contributed by atoms with Gasteiger partial charge in [0.15, 0.2) is 5.76 Å². The third kappa shape index (κ3) is 4.27. The Bertz CT molecular complexity index is 979. The van der Waals surface area contributed by atoms with Crippen molar-refractivity contribution in [3.8, 4) is 5.75 Å². The smallest absolute Gasteiger partial charge is 0.292 e. The van der Waals surface area contributed by atoms with Crippen LogP contribution in [0.1, 0.15) is 21.9 Å². The Morgan fingerprint density at radius 2 is 1.96 bits per heavy atom. The summed E-state index contributed by atoms with van der Waals surface area (Å²) < 4.78 is 11.1. The average Bonchev–Trinajstić information content (AvgIpc) is 3.11. The molecule has 0 aliphatic rings. The molecule has 1 amide bonds. The number of nitro groups is 1. The van der Waals surface area contributed by atoms with Crippen LogP contribution >= 0.6 is 11.6 Å². The van der Waals surface area contributed by atoms with E-state index >= 15 is 0 Å². The zero-order valence-corrected chi connectivity index (χ0v) is 15.0. The molecule has 1 aromatic heterocycles. The minimum Gasteiger partial charge on any atom is -0.484 e. The van der Waals surface area contributed by atoms with Crippen LogP contribution in [-0.4, -0.2) is 10.8 Å². The van der Waals surface area contributed by atoms with Gasteiger partial charge in [0.05, 0.1) is 9.95 Å². The Kier molecular flexibility index (Phi) is 5.42. The summed E-state index contributed by atoms with van der Waals surface area (Å²) in [5.74, 6) is 0.385. The van der Waals surface area contributed by atoms with E-state index in [1.54, 1.807) is 18.2 Å². The van der Waals surface area contributed by atoms with Crippen LogP contribution in [0.4, 0.5) is 11.4 Å². The Morgan fingerprint density at radius 3 is 2.70 bits per heavy atom. The first-order valence-corrected chi connectivity index (χ1v) is 8.35. The van der Waals surface area contributed by atoms with Crippen LogP contribution in [0, 0.1) is 17.0 Å². The van der Waals surface area contributed by atoms with Crippen molar-refractivity contribution in [1.82, 2.24) is 0 Å². The van der Waals surface area contributed by atoms with Crippen LogP contribution in [0.5, 0.6) is 5.75 Å². The van der Waals surface area contributed by atoms with E-state index < -0.39 is 10.8 Å². The summed E-state index contributed by atoms with van der Waals surface area (Å²) >= 11 is 6.11. The van der Waals surface area contributed by atoms with Crippen molar-refractivity contribution in [3.05, 3.63) is 86.8 Å². The zero-order chi connectivity index (χ0) is 19.4. The number of nitrogens with zero attached hydrogens (tertiary/aromatic N) is 1. The molecular weight excluding hydrogens is 372 g/mol. The second kappa shape index (κ2) is 7.92. The highest BCUT2D eigenvalue weighted by Gasteiger charge is 2.18. The first kappa shape index (κ1) is 18.5. The molecule has 0 aliphatic carbocycles. The van der Waals surface area contributed by atoms with Gasteiger partial charge in [0.1, 0.15) is 23.8 Å². The first-order valence-electron chi connectivity index (χ1n) is 7.97. The molecule has 27 heavy (non-hydrogen) atoms. The summed E-state index contributed by atoms with van der Waals surface area (Å²) in [6, 6.07) is 14.4. The Morgan fingerprint density at radius 1 is 1.19 bits per heavy atom. The minimum atomic E-state index is -0.593. The maximum absolute atomic E-state index is 12.3. The summed E-state index contributed by atoms with van der Waals surface area (Å²) in [7, 11) is 0. The summed E-state index contributed by atoms with van der Waals surface area (Å²) in [6.45, 7) is 1.96. The number of hydrogen-bond acceptors (Lipinski definition) is 5. The molecule has 0 fully saturated rings. The number of carbonyl (C=O) groups excluding carboxylic acids is 1. The number of nitro benzene ring substituents is 1. The van der Waals surface area contributed by atoms with Crippen molar-refractivity contribution in [1.29, 1.82) is 0 Å². The van der Waals surface area contributed by atoms with Gasteiger partial charge in [-0.15, -0.1) is 0 Å². The maximum Gasteiger partial charge on any atom is 0.292 e. The number of rotatable bonds is 6. The molecule has 0 saturated heterocycles. The lowest BCUT2D eigenvalue weighted by Crippen LogP contribution is -2.12. The molecule has 0 radical (unpaired) electrons. The van der Waals surface area contributed by atoms with E-state index in [1.807, 2.05) is 19.1 Å². The standard InChI is InChI=1S/C19H15ClN2O5/c1-12-5-4-6-14(20)18(12)26-11-13-9-10-17(27-13)19(23)21-15-7-2-3-8-16(15)22(24)25/h2-10H,11H2,1H3,(H,21,23). The van der Waals surface area contributed by atoms with Crippen LogP contribution in [0.15, 0.2) is 59.0 Å². The molecule has 0 bridgehead atoms. The van der Waals surface area contributed by atoms with Crippen molar-refractivity contribution in [2.75, 3.05) is 5.32 Å². The quantitative estimate of drug-likeness (QED) is 0.476. The van der Waals surface area contributed by atoms with Gasteiger partial charge in [-0.1, -0.05) is 35.9 Å². The summed E-state index contributed by atoms with van der Waals surface area (Å²) in [5.41, 5.74) is 0.770. The maximum atomic E-state index is 12.3. The molecule has 138 valence electrons. The fourth-order valence-electron chi connectivity index (χ4n) is 2.44. The van der Waals surface area contributed by atoms with E-state index in [4.69, 9.17) is 20.8 Å². The number of anilines is 1. The normalized spacial score (nSPS) is 10.4. The number of ether oxygens (including phenoxy) is 1. The van der Waals surface area contributed by atoms with Crippen LogP contribution < -0.4 is 10.1 Å². The molecule has 7 nitrogen and oxygen atoms in total. The zero-order valence-electron chi connectivity index (χ0n) is 14.3. The van der Waals surface area contributed by atoms with E-state index in [1.165, 1.54) is 24.3 Å². The topological polar surface area (TPSA) is 94.6 Å². The van der Waals surface area contributed by atoms with E-state index in [-0.39, 0.29) is 23.7 Å². The Balaban J connectivity index is 1.69. The summed E-state index contributed by atoms with van der Waals surface area (Å²) in [4.78, 5) is 22.8. The molecule has 0 saturated carbocycles. The molecular formula is C19H15ClN2O5. The SMILES string of the molecule is Cc1cccc(Cl)c1OCc1ccc(C(=O)Nc2ccccc2[N+](=O)[O-])o1. The molecule has 0 spiro atoms. The lowest BCUT2D eigenvalue weighted by molar-refractivity contribution is -0.383. The van der Waals surface area contributed by atoms with Gasteiger partial charge in [-0.2, -0.15) is 0 Å². The first-order chi connectivity index (χ1) is 13.0.